The number of methoxy groups -OCH3 is 1. The van der Waals surface area contributed by atoms with Crippen LogP contribution in [0.5, 0.6) is 0 Å². The van der Waals surface area contributed by atoms with Crippen LogP contribution in [0.2, 0.25) is 0 Å². The number of nitrogens with one attached hydrogen (secondary N) is 2. The van der Waals surface area contributed by atoms with E-state index in [1.54, 1.807) is 14.0 Å². The summed E-state index contributed by atoms with van der Waals surface area (Å²) in [6, 6.07) is 17.3. The number of carbonyl (C=O) groups excluding carboxylic acids is 4. The van der Waals surface area contributed by atoms with Crippen LogP contribution in [0.4, 0.5) is 5.69 Å². The Hall–Kier alpha value is -4.78. The molecule has 2 amide bonds. The molecular weight excluding hydrogens is 599 g/mol. The van der Waals surface area contributed by atoms with E-state index in [0.29, 0.717) is 13.0 Å². The molecule has 0 radical (unpaired) electrons. The summed E-state index contributed by atoms with van der Waals surface area (Å²) in [4.78, 5) is 64.5. The molecule has 1 fully saturated rings. The average Bonchev–Trinajstić information content (AvgIpc) is 3.36. The number of carbonyl (C=O) groups is 4. The average molecular weight is 643 g/mol. The first-order chi connectivity index (χ1) is 22.6. The van der Waals surface area contributed by atoms with Gasteiger partial charge in [-0.25, -0.2) is 4.98 Å². The van der Waals surface area contributed by atoms with E-state index < -0.39 is 48.8 Å². The van der Waals surface area contributed by atoms with Gasteiger partial charge in [0.1, 0.15) is 17.8 Å². The molecule has 0 unspecified atom stereocenters. The lowest BCUT2D eigenvalue weighted by molar-refractivity contribution is -0.144. The fraction of sp³-hybridized carbons (Fsp3) is 0.412. The number of rotatable bonds is 15. The molecule has 1 aromatic heterocycles. The molecule has 0 bridgehead atoms. The topological polar surface area (TPSA) is 143 Å². The van der Waals surface area contributed by atoms with Gasteiger partial charge in [-0.15, -0.1) is 0 Å². The molecule has 1 aliphatic heterocycles. The van der Waals surface area contributed by atoms with E-state index in [9.17, 15) is 19.2 Å². The Bertz CT molecular complexity index is 1480. The Morgan fingerprint density at radius 2 is 1.70 bits per heavy atom. The number of hydrogen-bond donors (Lipinski definition) is 2. The minimum atomic E-state index is -0.937. The number of amides is 2. The quantitative estimate of drug-likeness (QED) is 0.188. The van der Waals surface area contributed by atoms with Gasteiger partial charge in [0, 0.05) is 37.6 Å². The number of para-hydroxylation sites is 1. The van der Waals surface area contributed by atoms with Crippen LogP contribution in [-0.4, -0.2) is 90.9 Å². The first-order valence-corrected chi connectivity index (χ1v) is 15.8. The minimum Gasteiger partial charge on any atom is -0.517 e. The SMILES string of the molecule is COC(=O)[C@@H](C)CN(C[C@@H]1C(=O)OB([C@H](CC(C)C)NC(=O)[C@H](Cc2ccccc2)NC(=O)c2cnccn2)N1C)c1ccccc1. The van der Waals surface area contributed by atoms with E-state index in [-0.39, 0.29) is 30.5 Å². The van der Waals surface area contributed by atoms with Gasteiger partial charge in [0.05, 0.1) is 25.2 Å². The zero-order valence-corrected chi connectivity index (χ0v) is 27.5. The van der Waals surface area contributed by atoms with Crippen molar-refractivity contribution in [3.05, 3.63) is 90.5 Å². The normalized spacial score (nSPS) is 16.6. The van der Waals surface area contributed by atoms with Gasteiger partial charge >= 0.3 is 19.0 Å². The van der Waals surface area contributed by atoms with Crippen molar-refractivity contribution in [3.63, 3.8) is 0 Å². The summed E-state index contributed by atoms with van der Waals surface area (Å²) in [6.45, 7) is 6.42. The molecule has 47 heavy (non-hydrogen) atoms. The number of anilines is 1. The highest BCUT2D eigenvalue weighted by atomic mass is 16.5. The zero-order chi connectivity index (χ0) is 33.9. The highest BCUT2D eigenvalue weighted by molar-refractivity contribution is 6.55. The second-order valence-electron chi connectivity index (χ2n) is 12.2. The molecule has 0 aliphatic carbocycles. The predicted octanol–water partition coefficient (Wildman–Crippen LogP) is 2.55. The van der Waals surface area contributed by atoms with Gasteiger partial charge in [-0.1, -0.05) is 69.3 Å². The molecule has 2 aromatic carbocycles. The summed E-state index contributed by atoms with van der Waals surface area (Å²) in [7, 11) is 2.39. The Labute approximate surface area is 276 Å². The van der Waals surface area contributed by atoms with E-state index >= 15 is 0 Å². The summed E-state index contributed by atoms with van der Waals surface area (Å²) in [5.41, 5.74) is 1.80. The second-order valence-corrected chi connectivity index (χ2v) is 12.2. The highest BCUT2D eigenvalue weighted by Gasteiger charge is 2.50. The van der Waals surface area contributed by atoms with Crippen molar-refractivity contribution < 1.29 is 28.6 Å². The molecular formula is C34H43BN6O6. The van der Waals surface area contributed by atoms with E-state index in [2.05, 4.69) is 20.6 Å². The first kappa shape index (κ1) is 35.1. The van der Waals surface area contributed by atoms with Crippen molar-refractivity contribution >= 4 is 36.5 Å². The van der Waals surface area contributed by atoms with Gasteiger partial charge in [-0.3, -0.25) is 29.0 Å². The van der Waals surface area contributed by atoms with Crippen molar-refractivity contribution in [2.75, 3.05) is 32.1 Å². The van der Waals surface area contributed by atoms with Crippen LogP contribution in [0, 0.1) is 11.8 Å². The van der Waals surface area contributed by atoms with Gasteiger partial charge in [-0.2, -0.15) is 0 Å². The maximum Gasteiger partial charge on any atom is 0.475 e. The number of esters is 1. The van der Waals surface area contributed by atoms with E-state index in [1.165, 1.54) is 25.7 Å². The Kier molecular flexibility index (Phi) is 12.5. The van der Waals surface area contributed by atoms with Gasteiger partial charge in [0.15, 0.2) is 0 Å². The van der Waals surface area contributed by atoms with Crippen molar-refractivity contribution in [2.45, 2.75) is 51.6 Å². The van der Waals surface area contributed by atoms with Crippen LogP contribution in [0.15, 0.2) is 79.3 Å². The molecule has 1 aliphatic rings. The predicted molar refractivity (Wildman–Crippen MR) is 178 cm³/mol. The van der Waals surface area contributed by atoms with Crippen LogP contribution < -0.4 is 15.5 Å². The highest BCUT2D eigenvalue weighted by Crippen LogP contribution is 2.24. The lowest BCUT2D eigenvalue weighted by Crippen LogP contribution is -2.59. The molecule has 1 saturated heterocycles. The third-order valence-electron chi connectivity index (χ3n) is 8.11. The Morgan fingerprint density at radius 3 is 2.32 bits per heavy atom. The number of hydrogen-bond acceptors (Lipinski definition) is 10. The van der Waals surface area contributed by atoms with Gasteiger partial charge in [-0.05, 0) is 37.1 Å². The number of nitrogens with zero attached hydrogens (tertiary/aromatic N) is 4. The maximum absolute atomic E-state index is 13.9. The summed E-state index contributed by atoms with van der Waals surface area (Å²) < 4.78 is 10.9. The van der Waals surface area contributed by atoms with E-state index in [0.717, 1.165) is 11.3 Å². The van der Waals surface area contributed by atoms with Gasteiger partial charge < -0.3 is 24.9 Å². The molecule has 13 heteroatoms. The van der Waals surface area contributed by atoms with Crippen LogP contribution in [0.3, 0.4) is 0 Å². The zero-order valence-electron chi connectivity index (χ0n) is 27.5. The lowest BCUT2D eigenvalue weighted by atomic mass is 9.68. The van der Waals surface area contributed by atoms with Crippen LogP contribution in [-0.2, 0) is 30.2 Å². The van der Waals surface area contributed by atoms with Crippen molar-refractivity contribution in [1.82, 2.24) is 25.4 Å². The fourth-order valence-electron chi connectivity index (χ4n) is 5.68. The Morgan fingerprint density at radius 1 is 1.02 bits per heavy atom. The number of likely N-dealkylation sites (N-methyl/N-ethyl adjacent to an activating group) is 1. The monoisotopic (exact) mass is 642 g/mol. The third-order valence-corrected chi connectivity index (χ3v) is 8.11. The lowest BCUT2D eigenvalue weighted by Gasteiger charge is -2.32. The molecule has 2 N–H and O–H groups in total. The van der Waals surface area contributed by atoms with Crippen molar-refractivity contribution in [1.29, 1.82) is 0 Å². The van der Waals surface area contributed by atoms with Crippen LogP contribution in [0.1, 0.15) is 43.2 Å². The summed E-state index contributed by atoms with van der Waals surface area (Å²) in [5.74, 6) is -2.58. The van der Waals surface area contributed by atoms with E-state index in [4.69, 9.17) is 9.39 Å². The van der Waals surface area contributed by atoms with Gasteiger partial charge in [0.2, 0.25) is 5.91 Å². The fourth-order valence-corrected chi connectivity index (χ4v) is 5.68. The first-order valence-electron chi connectivity index (χ1n) is 15.8. The maximum atomic E-state index is 13.9. The smallest absolute Gasteiger partial charge is 0.475 e. The molecule has 0 spiro atoms. The molecule has 248 valence electrons. The molecule has 12 nitrogen and oxygen atoms in total. The number of aromatic nitrogens is 2. The summed E-state index contributed by atoms with van der Waals surface area (Å²) in [6.07, 6.45) is 4.97. The molecule has 3 aromatic rings. The Balaban J connectivity index is 1.54. The summed E-state index contributed by atoms with van der Waals surface area (Å²) >= 11 is 0. The molecule has 0 saturated carbocycles. The largest absolute Gasteiger partial charge is 0.517 e. The third kappa shape index (κ3) is 9.61. The van der Waals surface area contributed by atoms with Gasteiger partial charge in [0.25, 0.3) is 5.91 Å². The standard InChI is InChI=1S/C34H43BN6O6/c1-23(2)18-30(39-31(42)27(19-25-12-8-6-9-13-25)38-32(43)28-20-36-16-17-37-28)35-40(4)29(34(45)47-35)22-41(21-24(3)33(44)46-5)26-14-10-7-11-15-26/h6-17,20,23-24,27,29-30H,18-19,21-22H2,1-5H3,(H,38,43)(H,39,42)/t24-,27-,29+,30-/m0/s1. The molecule has 4 rings (SSSR count). The van der Waals surface area contributed by atoms with Crippen LogP contribution >= 0.6 is 0 Å². The summed E-state index contributed by atoms with van der Waals surface area (Å²) in [5, 5.41) is 5.91. The van der Waals surface area contributed by atoms with Crippen molar-refractivity contribution in [2.24, 2.45) is 11.8 Å². The minimum absolute atomic E-state index is 0.0916. The number of benzene rings is 2. The second kappa shape index (κ2) is 16.7. The van der Waals surface area contributed by atoms with E-state index in [1.807, 2.05) is 84.2 Å². The number of ether oxygens (including phenoxy) is 1. The molecule has 2 heterocycles. The molecule has 4 atom stereocenters. The van der Waals surface area contributed by atoms with Crippen molar-refractivity contribution in [3.8, 4) is 0 Å². The van der Waals surface area contributed by atoms with Crippen LogP contribution in [0.25, 0.3) is 0 Å².